The van der Waals surface area contributed by atoms with E-state index < -0.39 is 0 Å². The van der Waals surface area contributed by atoms with E-state index in [1.807, 2.05) is 19.1 Å². The summed E-state index contributed by atoms with van der Waals surface area (Å²) in [5.74, 6) is 0. The summed E-state index contributed by atoms with van der Waals surface area (Å²) in [4.78, 5) is 0. The van der Waals surface area contributed by atoms with Crippen LogP contribution in [-0.2, 0) is 0 Å². The summed E-state index contributed by atoms with van der Waals surface area (Å²) in [7, 11) is 0. The maximum atomic E-state index is 12.8. The molecule has 0 nitrogen and oxygen atoms in total. The molecular formula is C9H6BrFS. The van der Waals surface area contributed by atoms with Crippen molar-refractivity contribution in [3.63, 3.8) is 0 Å². The molecule has 0 unspecified atom stereocenters. The normalized spacial score (nSPS) is 10.9. The van der Waals surface area contributed by atoms with E-state index in [9.17, 15) is 4.39 Å². The molecule has 62 valence electrons. The summed E-state index contributed by atoms with van der Waals surface area (Å²) < 4.78 is 14.8. The maximum Gasteiger partial charge on any atom is 0.177 e. The fourth-order valence-corrected chi connectivity index (χ4v) is 2.36. The van der Waals surface area contributed by atoms with Gasteiger partial charge in [0.15, 0.2) is 5.13 Å². The molecule has 0 radical (unpaired) electrons. The minimum atomic E-state index is -0.123. The Morgan fingerprint density at radius 1 is 1.33 bits per heavy atom. The molecule has 0 atom stereocenters. The third-order valence-electron chi connectivity index (χ3n) is 1.77. The Bertz CT molecular complexity index is 394. The zero-order valence-electron chi connectivity index (χ0n) is 6.40. The molecule has 3 heteroatoms. The predicted octanol–water partition coefficient (Wildman–Crippen LogP) is 4.11. The zero-order valence-corrected chi connectivity index (χ0v) is 8.80. The topological polar surface area (TPSA) is 0 Å². The van der Waals surface area contributed by atoms with Crippen LogP contribution in [0, 0.1) is 12.1 Å². The molecule has 1 heterocycles. The molecule has 0 N–H and O–H groups in total. The van der Waals surface area contributed by atoms with Crippen LogP contribution in [0.15, 0.2) is 22.7 Å². The fourth-order valence-electron chi connectivity index (χ4n) is 1.13. The fraction of sp³-hybridized carbons (Fsp3) is 0.111. The van der Waals surface area contributed by atoms with Crippen molar-refractivity contribution in [2.45, 2.75) is 6.92 Å². The molecule has 0 saturated carbocycles. The highest BCUT2D eigenvalue weighted by atomic mass is 79.9. The van der Waals surface area contributed by atoms with Gasteiger partial charge in [-0.05, 0) is 36.1 Å². The number of fused-ring (bicyclic) bond motifs is 1. The summed E-state index contributed by atoms with van der Waals surface area (Å²) in [6.45, 7) is 2.00. The van der Waals surface area contributed by atoms with Gasteiger partial charge in [0.2, 0.25) is 0 Å². The van der Waals surface area contributed by atoms with Crippen molar-refractivity contribution < 1.29 is 4.39 Å². The lowest BCUT2D eigenvalue weighted by molar-refractivity contribution is 0.658. The molecule has 12 heavy (non-hydrogen) atoms. The van der Waals surface area contributed by atoms with Crippen LogP contribution in [0.4, 0.5) is 4.39 Å². The molecule has 0 fully saturated rings. The Balaban J connectivity index is 2.83. The van der Waals surface area contributed by atoms with E-state index in [1.165, 1.54) is 11.3 Å². The van der Waals surface area contributed by atoms with Crippen molar-refractivity contribution in [2.75, 3.05) is 0 Å². The first-order valence-corrected chi connectivity index (χ1v) is 5.13. The van der Waals surface area contributed by atoms with Crippen LogP contribution >= 0.6 is 27.3 Å². The molecule has 2 aromatic rings. The standard InChI is InChI=1S/C9H6BrFS/c1-5-2-8-6(3-7(5)10)4-9(11)12-8/h2-4H,1H3. The Morgan fingerprint density at radius 2 is 2.08 bits per heavy atom. The van der Waals surface area contributed by atoms with Gasteiger partial charge in [-0.15, -0.1) is 11.3 Å². The molecule has 0 spiro atoms. The van der Waals surface area contributed by atoms with Crippen LogP contribution in [0.25, 0.3) is 10.1 Å². The van der Waals surface area contributed by atoms with E-state index in [0.717, 1.165) is 20.1 Å². The predicted molar refractivity (Wildman–Crippen MR) is 54.2 cm³/mol. The number of hydrogen-bond acceptors (Lipinski definition) is 1. The number of aryl methyl sites for hydroxylation is 1. The first kappa shape index (κ1) is 8.20. The van der Waals surface area contributed by atoms with Gasteiger partial charge in [0.1, 0.15) is 0 Å². The Hall–Kier alpha value is -0.410. The number of benzene rings is 1. The van der Waals surface area contributed by atoms with E-state index in [0.29, 0.717) is 0 Å². The van der Waals surface area contributed by atoms with E-state index in [4.69, 9.17) is 0 Å². The van der Waals surface area contributed by atoms with Gasteiger partial charge in [-0.25, -0.2) is 0 Å². The van der Waals surface area contributed by atoms with E-state index in [2.05, 4.69) is 15.9 Å². The number of rotatable bonds is 0. The van der Waals surface area contributed by atoms with Crippen molar-refractivity contribution in [3.8, 4) is 0 Å². The van der Waals surface area contributed by atoms with Crippen LogP contribution in [0.3, 0.4) is 0 Å². The average Bonchev–Trinajstić information content (AvgIpc) is 2.30. The molecule has 1 aromatic carbocycles. The molecule has 1 aromatic heterocycles. The largest absolute Gasteiger partial charge is 0.195 e. The molecule has 2 rings (SSSR count). The first-order chi connectivity index (χ1) is 5.66. The van der Waals surface area contributed by atoms with E-state index >= 15 is 0 Å². The minimum absolute atomic E-state index is 0.123. The van der Waals surface area contributed by atoms with Crippen LogP contribution in [0.1, 0.15) is 5.56 Å². The molecule has 0 bridgehead atoms. The van der Waals surface area contributed by atoms with Crippen molar-refractivity contribution >= 4 is 37.4 Å². The second-order valence-electron chi connectivity index (χ2n) is 2.69. The lowest BCUT2D eigenvalue weighted by atomic mass is 10.2. The SMILES string of the molecule is Cc1cc2sc(F)cc2cc1Br. The Labute approximate surface area is 82.2 Å². The lowest BCUT2D eigenvalue weighted by Crippen LogP contribution is -1.72. The number of hydrogen-bond donors (Lipinski definition) is 0. The Kier molecular flexibility index (Phi) is 1.93. The quantitative estimate of drug-likeness (QED) is 0.655. The highest BCUT2D eigenvalue weighted by Crippen LogP contribution is 2.29. The van der Waals surface area contributed by atoms with Gasteiger partial charge in [0, 0.05) is 9.17 Å². The molecule has 0 aliphatic rings. The monoisotopic (exact) mass is 244 g/mol. The second-order valence-corrected chi connectivity index (χ2v) is 4.58. The van der Waals surface area contributed by atoms with Gasteiger partial charge >= 0.3 is 0 Å². The summed E-state index contributed by atoms with van der Waals surface area (Å²) in [5.41, 5.74) is 1.14. The third-order valence-corrected chi connectivity index (χ3v) is 3.51. The van der Waals surface area contributed by atoms with Gasteiger partial charge in [0.25, 0.3) is 0 Å². The highest BCUT2D eigenvalue weighted by molar-refractivity contribution is 9.10. The Morgan fingerprint density at radius 3 is 2.83 bits per heavy atom. The smallest absolute Gasteiger partial charge is 0.177 e. The summed E-state index contributed by atoms with van der Waals surface area (Å²) in [5, 5.41) is 0.845. The van der Waals surface area contributed by atoms with Crippen LogP contribution in [0.2, 0.25) is 0 Å². The van der Waals surface area contributed by atoms with Gasteiger partial charge in [-0.3, -0.25) is 0 Å². The molecule has 0 saturated heterocycles. The zero-order chi connectivity index (χ0) is 8.72. The van der Waals surface area contributed by atoms with Crippen molar-refractivity contribution in [2.24, 2.45) is 0 Å². The summed E-state index contributed by atoms with van der Waals surface area (Å²) in [6.07, 6.45) is 0. The van der Waals surface area contributed by atoms with Gasteiger partial charge in [0.05, 0.1) is 0 Å². The highest BCUT2D eigenvalue weighted by Gasteiger charge is 2.03. The third kappa shape index (κ3) is 1.27. The first-order valence-electron chi connectivity index (χ1n) is 3.52. The number of thiophene rings is 1. The maximum absolute atomic E-state index is 12.8. The van der Waals surface area contributed by atoms with Crippen LogP contribution in [0.5, 0.6) is 0 Å². The van der Waals surface area contributed by atoms with Crippen molar-refractivity contribution in [1.82, 2.24) is 0 Å². The lowest BCUT2D eigenvalue weighted by Gasteiger charge is -1.96. The minimum Gasteiger partial charge on any atom is -0.195 e. The summed E-state index contributed by atoms with van der Waals surface area (Å²) >= 11 is 4.60. The van der Waals surface area contributed by atoms with Crippen LogP contribution < -0.4 is 0 Å². The molecule has 0 amide bonds. The molecule has 0 aliphatic heterocycles. The van der Waals surface area contributed by atoms with Gasteiger partial charge in [-0.1, -0.05) is 15.9 Å². The molecule has 0 aliphatic carbocycles. The molecular weight excluding hydrogens is 239 g/mol. The van der Waals surface area contributed by atoms with Gasteiger partial charge < -0.3 is 0 Å². The van der Waals surface area contributed by atoms with Gasteiger partial charge in [-0.2, -0.15) is 4.39 Å². The van der Waals surface area contributed by atoms with Crippen molar-refractivity contribution in [1.29, 1.82) is 0 Å². The number of halogens is 2. The summed E-state index contributed by atoms with van der Waals surface area (Å²) in [6, 6.07) is 5.50. The second kappa shape index (κ2) is 2.82. The van der Waals surface area contributed by atoms with E-state index in [1.54, 1.807) is 6.07 Å². The average molecular weight is 245 g/mol. The van der Waals surface area contributed by atoms with Crippen molar-refractivity contribution in [3.05, 3.63) is 33.4 Å². The van der Waals surface area contributed by atoms with E-state index in [-0.39, 0.29) is 5.13 Å². The van der Waals surface area contributed by atoms with Crippen LogP contribution in [-0.4, -0.2) is 0 Å².